The van der Waals surface area contributed by atoms with Crippen LogP contribution in [0.15, 0.2) is 47.4 Å². The van der Waals surface area contributed by atoms with Gasteiger partial charge in [0.1, 0.15) is 5.75 Å². The molecule has 0 heterocycles. The zero-order valence-electron chi connectivity index (χ0n) is 14.7. The van der Waals surface area contributed by atoms with Crippen LogP contribution >= 0.6 is 0 Å². The van der Waals surface area contributed by atoms with Gasteiger partial charge in [-0.05, 0) is 24.3 Å². The van der Waals surface area contributed by atoms with E-state index in [1.807, 2.05) is 0 Å². The number of phenols is 1. The van der Waals surface area contributed by atoms with Crippen LogP contribution in [0.2, 0.25) is 0 Å². The predicted octanol–water partition coefficient (Wildman–Crippen LogP) is 2.58. The lowest BCUT2D eigenvalue weighted by atomic mass is 10.2. The quantitative estimate of drug-likeness (QED) is 0.422. The lowest BCUT2D eigenvalue weighted by Gasteiger charge is -2.19. The molecule has 2 N–H and O–H groups in total. The first-order valence-electron chi connectivity index (χ1n) is 8.09. The monoisotopic (exact) mass is 393 g/mol. The smallest absolute Gasteiger partial charge is 0.270 e. The van der Waals surface area contributed by atoms with Crippen molar-refractivity contribution in [3.8, 4) is 5.75 Å². The van der Waals surface area contributed by atoms with Gasteiger partial charge >= 0.3 is 0 Å². The van der Waals surface area contributed by atoms with Gasteiger partial charge in [0.05, 0.1) is 15.5 Å². The Morgan fingerprint density at radius 2 is 1.85 bits per heavy atom. The molecular weight excluding hydrogens is 374 g/mol. The lowest BCUT2D eigenvalue weighted by molar-refractivity contribution is -0.384. The van der Waals surface area contributed by atoms with Crippen LogP contribution in [0.1, 0.15) is 24.2 Å². The molecule has 0 saturated heterocycles. The minimum Gasteiger partial charge on any atom is -0.506 e. The van der Waals surface area contributed by atoms with E-state index in [1.54, 1.807) is 13.8 Å². The van der Waals surface area contributed by atoms with Gasteiger partial charge in [0, 0.05) is 30.8 Å². The number of anilines is 1. The Morgan fingerprint density at radius 1 is 1.19 bits per heavy atom. The molecule has 144 valence electrons. The summed E-state index contributed by atoms with van der Waals surface area (Å²) in [5.74, 6) is -1.04. The Morgan fingerprint density at radius 3 is 2.44 bits per heavy atom. The van der Waals surface area contributed by atoms with E-state index >= 15 is 0 Å². The summed E-state index contributed by atoms with van der Waals surface area (Å²) in [5.41, 5.74) is -0.370. The fourth-order valence-corrected chi connectivity index (χ4v) is 3.93. The van der Waals surface area contributed by atoms with Crippen LogP contribution in [0.5, 0.6) is 5.75 Å². The van der Waals surface area contributed by atoms with Crippen molar-refractivity contribution in [2.24, 2.45) is 0 Å². The van der Waals surface area contributed by atoms with E-state index in [0.29, 0.717) is 0 Å². The SMILES string of the molecule is CCN(CC)S(=O)(=O)c1ccc(O)c(NC(=O)c2cccc([N+](=O)[O-])c2)c1. The Bertz CT molecular complexity index is 970. The van der Waals surface area contributed by atoms with E-state index in [-0.39, 0.29) is 40.7 Å². The standard InChI is InChI=1S/C17H19N3O6S/c1-3-19(4-2)27(25,26)14-8-9-16(21)15(11-14)18-17(22)12-6-5-7-13(10-12)20(23)24/h5-11,21H,3-4H2,1-2H3,(H,18,22). The summed E-state index contributed by atoms with van der Waals surface area (Å²) in [4.78, 5) is 22.5. The van der Waals surface area contributed by atoms with Gasteiger partial charge in [-0.1, -0.05) is 19.9 Å². The topological polar surface area (TPSA) is 130 Å². The number of amides is 1. The predicted molar refractivity (Wildman–Crippen MR) is 99.3 cm³/mol. The molecule has 0 bridgehead atoms. The average Bonchev–Trinajstić information content (AvgIpc) is 2.64. The molecule has 0 radical (unpaired) electrons. The molecule has 0 aliphatic rings. The zero-order valence-corrected chi connectivity index (χ0v) is 15.6. The summed E-state index contributed by atoms with van der Waals surface area (Å²) in [6.45, 7) is 3.95. The largest absolute Gasteiger partial charge is 0.506 e. The van der Waals surface area contributed by atoms with Crippen molar-refractivity contribution in [1.82, 2.24) is 4.31 Å². The number of carbonyl (C=O) groups excluding carboxylic acids is 1. The molecule has 9 nitrogen and oxygen atoms in total. The fourth-order valence-electron chi connectivity index (χ4n) is 2.44. The summed E-state index contributed by atoms with van der Waals surface area (Å²) >= 11 is 0. The molecule has 0 aliphatic heterocycles. The highest BCUT2D eigenvalue weighted by Crippen LogP contribution is 2.28. The maximum atomic E-state index is 12.6. The molecule has 10 heteroatoms. The maximum absolute atomic E-state index is 12.6. The number of nitrogens with one attached hydrogen (secondary N) is 1. The number of nitro groups is 1. The maximum Gasteiger partial charge on any atom is 0.270 e. The summed E-state index contributed by atoms with van der Waals surface area (Å²) in [5, 5.41) is 23.2. The van der Waals surface area contributed by atoms with Crippen LogP contribution in [0.3, 0.4) is 0 Å². The second-order valence-corrected chi connectivity index (χ2v) is 7.47. The molecule has 2 aromatic carbocycles. The third kappa shape index (κ3) is 4.41. The van der Waals surface area contributed by atoms with Gasteiger partial charge in [0.15, 0.2) is 0 Å². The molecule has 2 aromatic rings. The minimum atomic E-state index is -3.78. The second kappa shape index (κ2) is 8.14. The number of phenolic OH excluding ortho intramolecular Hbond substituents is 1. The van der Waals surface area contributed by atoms with Crippen molar-refractivity contribution in [2.45, 2.75) is 18.7 Å². The zero-order chi connectivity index (χ0) is 20.2. The molecule has 1 amide bonds. The van der Waals surface area contributed by atoms with Gasteiger partial charge in [0.2, 0.25) is 10.0 Å². The number of rotatable bonds is 7. The van der Waals surface area contributed by atoms with E-state index in [1.165, 1.54) is 34.6 Å². The van der Waals surface area contributed by atoms with Gasteiger partial charge in [0.25, 0.3) is 11.6 Å². The van der Waals surface area contributed by atoms with E-state index in [2.05, 4.69) is 5.32 Å². The third-order valence-corrected chi connectivity index (χ3v) is 5.92. The molecular formula is C17H19N3O6S. The van der Waals surface area contributed by atoms with Gasteiger partial charge in [-0.25, -0.2) is 8.42 Å². The molecule has 0 atom stereocenters. The number of hydrogen-bond donors (Lipinski definition) is 2. The number of sulfonamides is 1. The minimum absolute atomic E-state index is 0.000558. The number of carbonyl (C=O) groups is 1. The average molecular weight is 393 g/mol. The first-order valence-corrected chi connectivity index (χ1v) is 9.53. The molecule has 0 aliphatic carbocycles. The number of nitro benzene ring substituents is 1. The summed E-state index contributed by atoms with van der Waals surface area (Å²) in [6.07, 6.45) is 0. The molecule has 0 aromatic heterocycles. The van der Waals surface area contributed by atoms with Gasteiger partial charge in [-0.2, -0.15) is 4.31 Å². The van der Waals surface area contributed by atoms with E-state index < -0.39 is 20.9 Å². The lowest BCUT2D eigenvalue weighted by Crippen LogP contribution is -2.30. The molecule has 0 spiro atoms. The van der Waals surface area contributed by atoms with E-state index in [4.69, 9.17) is 0 Å². The molecule has 27 heavy (non-hydrogen) atoms. The van der Waals surface area contributed by atoms with Crippen molar-refractivity contribution in [3.05, 3.63) is 58.1 Å². The van der Waals surface area contributed by atoms with E-state index in [9.17, 15) is 28.4 Å². The van der Waals surface area contributed by atoms with Gasteiger partial charge in [-0.15, -0.1) is 0 Å². The molecule has 2 rings (SSSR count). The normalized spacial score (nSPS) is 11.4. The van der Waals surface area contributed by atoms with Crippen LogP contribution in [-0.4, -0.2) is 41.7 Å². The Hall–Kier alpha value is -2.98. The van der Waals surface area contributed by atoms with Gasteiger partial charge in [-0.3, -0.25) is 14.9 Å². The van der Waals surface area contributed by atoms with Crippen LogP contribution in [0.4, 0.5) is 11.4 Å². The van der Waals surface area contributed by atoms with Crippen molar-refractivity contribution >= 4 is 27.3 Å². The summed E-state index contributed by atoms with van der Waals surface area (Å²) < 4.78 is 26.4. The van der Waals surface area contributed by atoms with Crippen molar-refractivity contribution in [2.75, 3.05) is 18.4 Å². The fraction of sp³-hybridized carbons (Fsp3) is 0.235. The highest BCUT2D eigenvalue weighted by atomic mass is 32.2. The Balaban J connectivity index is 2.36. The highest BCUT2D eigenvalue weighted by Gasteiger charge is 2.23. The Labute approximate surface area is 156 Å². The van der Waals surface area contributed by atoms with Crippen LogP contribution < -0.4 is 5.32 Å². The summed E-state index contributed by atoms with van der Waals surface area (Å²) in [6, 6.07) is 8.61. The highest BCUT2D eigenvalue weighted by molar-refractivity contribution is 7.89. The van der Waals surface area contributed by atoms with Crippen molar-refractivity contribution in [3.63, 3.8) is 0 Å². The first kappa shape index (κ1) is 20.3. The second-order valence-electron chi connectivity index (χ2n) is 5.53. The third-order valence-electron chi connectivity index (χ3n) is 3.88. The first-order chi connectivity index (χ1) is 12.7. The van der Waals surface area contributed by atoms with Crippen molar-refractivity contribution < 1.29 is 23.2 Å². The number of benzene rings is 2. The number of hydrogen-bond acceptors (Lipinski definition) is 6. The van der Waals surface area contributed by atoms with E-state index in [0.717, 1.165) is 12.1 Å². The van der Waals surface area contributed by atoms with Crippen LogP contribution in [0, 0.1) is 10.1 Å². The number of non-ortho nitro benzene ring substituents is 1. The Kier molecular flexibility index (Phi) is 6.13. The van der Waals surface area contributed by atoms with Crippen LogP contribution in [0.25, 0.3) is 0 Å². The summed E-state index contributed by atoms with van der Waals surface area (Å²) in [7, 11) is -3.78. The molecule has 0 fully saturated rings. The van der Waals surface area contributed by atoms with Crippen LogP contribution in [-0.2, 0) is 10.0 Å². The number of nitrogens with zero attached hydrogens (tertiary/aromatic N) is 2. The van der Waals surface area contributed by atoms with Gasteiger partial charge < -0.3 is 10.4 Å². The molecule has 0 unspecified atom stereocenters. The molecule has 0 saturated carbocycles. The number of aromatic hydroxyl groups is 1. The van der Waals surface area contributed by atoms with Crippen molar-refractivity contribution in [1.29, 1.82) is 0 Å².